The molecule has 78 valence electrons. The molecule has 0 saturated heterocycles. The van der Waals surface area contributed by atoms with Crippen LogP contribution in [0.5, 0.6) is 0 Å². The standard InChI is InChI=1S/C10H22N2O/c1-6-8(7(2)3)12-10(4,5)9(11)13/h7-8,12H,6H2,1-5H3,(H2,11,13). The van der Waals surface area contributed by atoms with Crippen molar-refractivity contribution in [3.8, 4) is 0 Å². The average Bonchev–Trinajstić information content (AvgIpc) is 1.99. The summed E-state index contributed by atoms with van der Waals surface area (Å²) in [5, 5.41) is 3.27. The molecule has 0 fully saturated rings. The van der Waals surface area contributed by atoms with Crippen molar-refractivity contribution >= 4 is 5.91 Å². The topological polar surface area (TPSA) is 55.1 Å². The number of carbonyl (C=O) groups excluding carboxylic acids is 1. The molecular weight excluding hydrogens is 164 g/mol. The molecule has 0 aromatic rings. The summed E-state index contributed by atoms with van der Waals surface area (Å²) in [6, 6.07) is 0.350. The fraction of sp³-hybridized carbons (Fsp3) is 0.900. The molecule has 0 spiro atoms. The Kier molecular flexibility index (Phi) is 4.40. The number of primary amides is 1. The van der Waals surface area contributed by atoms with Gasteiger partial charge >= 0.3 is 0 Å². The van der Waals surface area contributed by atoms with Crippen LogP contribution < -0.4 is 11.1 Å². The van der Waals surface area contributed by atoms with Gasteiger partial charge in [0.25, 0.3) is 0 Å². The third-order valence-corrected chi connectivity index (χ3v) is 2.41. The van der Waals surface area contributed by atoms with Gasteiger partial charge < -0.3 is 11.1 Å². The summed E-state index contributed by atoms with van der Waals surface area (Å²) in [6.45, 7) is 10.0. The zero-order chi connectivity index (χ0) is 10.6. The summed E-state index contributed by atoms with van der Waals surface area (Å²) in [7, 11) is 0. The molecule has 1 amide bonds. The van der Waals surface area contributed by atoms with Crippen LogP contribution in [0.15, 0.2) is 0 Å². The van der Waals surface area contributed by atoms with Crippen LogP contribution in [0.2, 0.25) is 0 Å². The molecule has 3 nitrogen and oxygen atoms in total. The van der Waals surface area contributed by atoms with Gasteiger partial charge in [0.15, 0.2) is 0 Å². The molecule has 1 unspecified atom stereocenters. The normalized spacial score (nSPS) is 14.6. The summed E-state index contributed by atoms with van der Waals surface area (Å²) in [4.78, 5) is 11.1. The van der Waals surface area contributed by atoms with Crippen molar-refractivity contribution in [2.75, 3.05) is 0 Å². The predicted molar refractivity (Wildman–Crippen MR) is 55.3 cm³/mol. The Hall–Kier alpha value is -0.570. The van der Waals surface area contributed by atoms with Crippen LogP contribution in [-0.4, -0.2) is 17.5 Å². The van der Waals surface area contributed by atoms with Crippen molar-refractivity contribution < 1.29 is 4.79 Å². The van der Waals surface area contributed by atoms with E-state index in [1.165, 1.54) is 0 Å². The van der Waals surface area contributed by atoms with Crippen molar-refractivity contribution in [1.29, 1.82) is 0 Å². The van der Waals surface area contributed by atoms with Gasteiger partial charge in [-0.3, -0.25) is 4.79 Å². The van der Waals surface area contributed by atoms with Crippen LogP contribution in [-0.2, 0) is 4.79 Å². The molecule has 0 heterocycles. The summed E-state index contributed by atoms with van der Waals surface area (Å²) < 4.78 is 0. The lowest BCUT2D eigenvalue weighted by Gasteiger charge is -2.30. The Bertz CT molecular complexity index is 176. The molecule has 0 aromatic heterocycles. The maximum Gasteiger partial charge on any atom is 0.237 e. The first-order chi connectivity index (χ1) is 5.81. The molecule has 0 aliphatic rings. The highest BCUT2D eigenvalue weighted by Crippen LogP contribution is 2.11. The van der Waals surface area contributed by atoms with E-state index in [2.05, 4.69) is 26.1 Å². The van der Waals surface area contributed by atoms with E-state index >= 15 is 0 Å². The van der Waals surface area contributed by atoms with E-state index in [9.17, 15) is 4.79 Å². The van der Waals surface area contributed by atoms with Crippen LogP contribution in [0.4, 0.5) is 0 Å². The molecule has 0 radical (unpaired) electrons. The Balaban J connectivity index is 4.30. The van der Waals surface area contributed by atoms with E-state index in [1.807, 2.05) is 13.8 Å². The third kappa shape index (κ3) is 3.77. The molecule has 0 aliphatic heterocycles. The first kappa shape index (κ1) is 12.4. The Labute approximate surface area is 81.1 Å². The first-order valence-corrected chi connectivity index (χ1v) is 4.88. The maximum absolute atomic E-state index is 11.1. The Morgan fingerprint density at radius 2 is 1.92 bits per heavy atom. The van der Waals surface area contributed by atoms with Gasteiger partial charge in [-0.2, -0.15) is 0 Å². The van der Waals surface area contributed by atoms with Crippen molar-refractivity contribution in [2.45, 2.75) is 52.6 Å². The van der Waals surface area contributed by atoms with Crippen LogP contribution >= 0.6 is 0 Å². The number of carbonyl (C=O) groups is 1. The molecule has 0 rings (SSSR count). The van der Waals surface area contributed by atoms with Gasteiger partial charge in [-0.15, -0.1) is 0 Å². The number of rotatable bonds is 5. The highest BCUT2D eigenvalue weighted by atomic mass is 16.1. The minimum Gasteiger partial charge on any atom is -0.368 e. The molecule has 13 heavy (non-hydrogen) atoms. The van der Waals surface area contributed by atoms with Crippen molar-refractivity contribution in [2.24, 2.45) is 11.7 Å². The summed E-state index contributed by atoms with van der Waals surface area (Å²) in [5.74, 6) is 0.218. The van der Waals surface area contributed by atoms with Gasteiger partial charge in [-0.25, -0.2) is 0 Å². The number of hydrogen-bond donors (Lipinski definition) is 2. The molecular formula is C10H22N2O. The molecule has 0 aromatic carbocycles. The molecule has 3 heteroatoms. The minimum atomic E-state index is -0.606. The highest BCUT2D eigenvalue weighted by molar-refractivity contribution is 5.83. The third-order valence-electron chi connectivity index (χ3n) is 2.41. The fourth-order valence-corrected chi connectivity index (χ4v) is 1.27. The van der Waals surface area contributed by atoms with Crippen molar-refractivity contribution in [3.63, 3.8) is 0 Å². The van der Waals surface area contributed by atoms with Gasteiger partial charge in [0.05, 0.1) is 5.54 Å². The lowest BCUT2D eigenvalue weighted by atomic mass is 9.96. The van der Waals surface area contributed by atoms with E-state index in [-0.39, 0.29) is 5.91 Å². The van der Waals surface area contributed by atoms with Gasteiger partial charge in [-0.05, 0) is 26.2 Å². The van der Waals surface area contributed by atoms with Crippen LogP contribution in [0.3, 0.4) is 0 Å². The van der Waals surface area contributed by atoms with Gasteiger partial charge in [0.1, 0.15) is 0 Å². The number of nitrogens with one attached hydrogen (secondary N) is 1. The van der Waals surface area contributed by atoms with Crippen LogP contribution in [0, 0.1) is 5.92 Å². The maximum atomic E-state index is 11.1. The first-order valence-electron chi connectivity index (χ1n) is 4.88. The quantitative estimate of drug-likeness (QED) is 0.679. The summed E-state index contributed by atoms with van der Waals surface area (Å²) in [6.07, 6.45) is 1.01. The lowest BCUT2D eigenvalue weighted by molar-refractivity contribution is -0.123. The lowest BCUT2D eigenvalue weighted by Crippen LogP contribution is -2.55. The highest BCUT2D eigenvalue weighted by Gasteiger charge is 2.28. The Morgan fingerprint density at radius 1 is 1.46 bits per heavy atom. The average molecular weight is 186 g/mol. The van der Waals surface area contributed by atoms with Gasteiger partial charge in [-0.1, -0.05) is 20.8 Å². The van der Waals surface area contributed by atoms with Crippen LogP contribution in [0.1, 0.15) is 41.0 Å². The largest absolute Gasteiger partial charge is 0.368 e. The second kappa shape index (κ2) is 4.61. The van der Waals surface area contributed by atoms with Gasteiger partial charge in [0.2, 0.25) is 5.91 Å². The predicted octanol–water partition coefficient (Wildman–Crippen LogP) is 1.27. The van der Waals surface area contributed by atoms with E-state index in [0.29, 0.717) is 12.0 Å². The summed E-state index contributed by atoms with van der Waals surface area (Å²) in [5.41, 5.74) is 4.67. The molecule has 3 N–H and O–H groups in total. The van der Waals surface area contributed by atoms with Crippen molar-refractivity contribution in [1.82, 2.24) is 5.32 Å². The fourth-order valence-electron chi connectivity index (χ4n) is 1.27. The minimum absolute atomic E-state index is 0.299. The second-order valence-corrected chi connectivity index (χ2v) is 4.39. The molecule has 0 saturated carbocycles. The SMILES string of the molecule is CCC(NC(C)(C)C(N)=O)C(C)C. The van der Waals surface area contributed by atoms with Crippen LogP contribution in [0.25, 0.3) is 0 Å². The van der Waals surface area contributed by atoms with E-state index < -0.39 is 5.54 Å². The van der Waals surface area contributed by atoms with Crippen molar-refractivity contribution in [3.05, 3.63) is 0 Å². The summed E-state index contributed by atoms with van der Waals surface area (Å²) >= 11 is 0. The zero-order valence-corrected chi connectivity index (χ0v) is 9.35. The molecule has 0 bridgehead atoms. The zero-order valence-electron chi connectivity index (χ0n) is 9.35. The van der Waals surface area contributed by atoms with E-state index in [1.54, 1.807) is 0 Å². The van der Waals surface area contributed by atoms with E-state index in [0.717, 1.165) is 6.42 Å². The monoisotopic (exact) mass is 186 g/mol. The molecule has 0 aliphatic carbocycles. The van der Waals surface area contributed by atoms with Gasteiger partial charge in [0, 0.05) is 6.04 Å². The second-order valence-electron chi connectivity index (χ2n) is 4.39. The smallest absolute Gasteiger partial charge is 0.237 e. The number of hydrogen-bond acceptors (Lipinski definition) is 2. The molecule has 1 atom stereocenters. The van der Waals surface area contributed by atoms with E-state index in [4.69, 9.17) is 5.73 Å². The number of amides is 1. The Morgan fingerprint density at radius 3 is 2.15 bits per heavy atom. The number of nitrogens with two attached hydrogens (primary N) is 1.